The Kier molecular flexibility index (Phi) is 5.74. The number of fused-ring (bicyclic) bond motifs is 3. The molecule has 2 aromatic heterocycles. The molecule has 0 aliphatic heterocycles. The van der Waals surface area contributed by atoms with Crippen molar-refractivity contribution >= 4 is 44.5 Å². The molecule has 7 aromatic rings. The maximum Gasteiger partial charge on any atom is 0.160 e. The molecule has 0 radical (unpaired) electrons. The van der Waals surface area contributed by atoms with Crippen molar-refractivity contribution in [2.75, 3.05) is 0 Å². The van der Waals surface area contributed by atoms with E-state index in [0.29, 0.717) is 5.82 Å². The topological polar surface area (TPSA) is 38.9 Å². The number of para-hydroxylation sites is 2. The largest absolute Gasteiger partial charge is 0.455 e. The molecule has 4 heteroatoms. The minimum Gasteiger partial charge on any atom is -0.455 e. The summed E-state index contributed by atoms with van der Waals surface area (Å²) in [6.07, 6.45) is 0. The Labute approximate surface area is 234 Å². The van der Waals surface area contributed by atoms with Crippen LogP contribution in [0, 0.1) is 3.70 Å². The van der Waals surface area contributed by atoms with Crippen LogP contribution in [-0.4, -0.2) is 9.97 Å². The number of benzene rings is 5. The van der Waals surface area contributed by atoms with Gasteiger partial charge in [0.05, 0.1) is 5.69 Å². The maximum absolute atomic E-state index is 6.31. The molecule has 0 saturated heterocycles. The molecule has 0 aliphatic rings. The predicted molar refractivity (Wildman–Crippen MR) is 164 cm³/mol. The van der Waals surface area contributed by atoms with Gasteiger partial charge in [-0.05, 0) is 81.2 Å². The molecular weight excluding hydrogens is 579 g/mol. The van der Waals surface area contributed by atoms with E-state index in [1.165, 1.54) is 0 Å². The minimum atomic E-state index is 0.690. The number of halogens is 1. The van der Waals surface area contributed by atoms with E-state index in [1.807, 2.05) is 36.4 Å². The fraction of sp³-hybridized carbons (Fsp3) is 0. The molecule has 0 bridgehead atoms. The van der Waals surface area contributed by atoms with Crippen LogP contribution in [0.15, 0.2) is 132 Å². The fourth-order valence-electron chi connectivity index (χ4n) is 4.98. The monoisotopic (exact) mass is 600 g/mol. The van der Waals surface area contributed by atoms with Gasteiger partial charge in [-0.15, -0.1) is 0 Å². The number of rotatable bonds is 4. The van der Waals surface area contributed by atoms with Crippen molar-refractivity contribution in [1.82, 2.24) is 9.97 Å². The van der Waals surface area contributed by atoms with Crippen molar-refractivity contribution in [1.29, 1.82) is 0 Å². The third-order valence-electron chi connectivity index (χ3n) is 6.78. The summed E-state index contributed by atoms with van der Waals surface area (Å²) >= 11 is 2.28. The van der Waals surface area contributed by atoms with Crippen LogP contribution in [0.1, 0.15) is 0 Å². The van der Waals surface area contributed by atoms with Crippen molar-refractivity contribution in [2.24, 2.45) is 0 Å². The molecule has 0 saturated carbocycles. The van der Waals surface area contributed by atoms with Crippen LogP contribution in [0.5, 0.6) is 0 Å². The van der Waals surface area contributed by atoms with Crippen molar-refractivity contribution in [3.63, 3.8) is 0 Å². The van der Waals surface area contributed by atoms with Gasteiger partial charge in [-0.25, -0.2) is 9.97 Å². The van der Waals surface area contributed by atoms with Crippen molar-refractivity contribution in [2.45, 2.75) is 0 Å². The Bertz CT molecular complexity index is 1870. The molecule has 3 nitrogen and oxygen atoms in total. The third kappa shape index (κ3) is 4.17. The Morgan fingerprint density at radius 1 is 0.500 bits per heavy atom. The van der Waals surface area contributed by atoms with Gasteiger partial charge >= 0.3 is 0 Å². The summed E-state index contributed by atoms with van der Waals surface area (Å²) in [6, 6.07) is 43.9. The first-order valence-electron chi connectivity index (χ1n) is 12.4. The Balaban J connectivity index is 1.43. The molecule has 0 atom stereocenters. The molecule has 0 aliphatic carbocycles. The van der Waals surface area contributed by atoms with E-state index < -0.39 is 0 Å². The third-order valence-corrected chi connectivity index (χ3v) is 7.33. The SMILES string of the molecule is Ic1cc(-c2cccc3c2oc2ccccc23)nc(-c2cc(-c3ccccc3)cc(-c3ccccc3)c2)n1. The number of aromatic nitrogens is 2. The molecule has 7 rings (SSSR count). The van der Waals surface area contributed by atoms with E-state index in [9.17, 15) is 0 Å². The van der Waals surface area contributed by atoms with E-state index in [0.717, 1.165) is 64.7 Å². The Morgan fingerprint density at radius 3 is 1.82 bits per heavy atom. The highest BCUT2D eigenvalue weighted by Crippen LogP contribution is 2.37. The van der Waals surface area contributed by atoms with Gasteiger partial charge in [-0.3, -0.25) is 0 Å². The second-order valence-corrected chi connectivity index (χ2v) is 10.3. The molecule has 0 N–H and O–H groups in total. The minimum absolute atomic E-state index is 0.690. The number of hydrogen-bond donors (Lipinski definition) is 0. The summed E-state index contributed by atoms with van der Waals surface area (Å²) in [4.78, 5) is 9.95. The van der Waals surface area contributed by atoms with Gasteiger partial charge in [0.15, 0.2) is 5.82 Å². The quantitative estimate of drug-likeness (QED) is 0.149. The van der Waals surface area contributed by atoms with Crippen LogP contribution < -0.4 is 0 Å². The van der Waals surface area contributed by atoms with Gasteiger partial charge < -0.3 is 4.42 Å². The lowest BCUT2D eigenvalue weighted by atomic mass is 9.96. The van der Waals surface area contributed by atoms with Crippen LogP contribution in [0.4, 0.5) is 0 Å². The zero-order chi connectivity index (χ0) is 25.5. The lowest BCUT2D eigenvalue weighted by Crippen LogP contribution is -1.96. The highest BCUT2D eigenvalue weighted by molar-refractivity contribution is 14.1. The molecule has 38 heavy (non-hydrogen) atoms. The Hall–Kier alpha value is -4.29. The number of furan rings is 1. The normalized spacial score (nSPS) is 11.3. The molecular formula is C34H21IN2O. The van der Waals surface area contributed by atoms with Gasteiger partial charge in [0.2, 0.25) is 0 Å². The van der Waals surface area contributed by atoms with Crippen LogP contribution in [0.2, 0.25) is 0 Å². The van der Waals surface area contributed by atoms with E-state index in [-0.39, 0.29) is 0 Å². The molecule has 2 heterocycles. The highest BCUT2D eigenvalue weighted by atomic mass is 127. The van der Waals surface area contributed by atoms with Gasteiger partial charge in [0, 0.05) is 21.9 Å². The van der Waals surface area contributed by atoms with Crippen molar-refractivity contribution in [3.8, 4) is 44.9 Å². The summed E-state index contributed by atoms with van der Waals surface area (Å²) in [5, 5.41) is 2.20. The van der Waals surface area contributed by atoms with E-state index in [2.05, 4.69) is 114 Å². The smallest absolute Gasteiger partial charge is 0.160 e. The van der Waals surface area contributed by atoms with Gasteiger partial charge in [0.1, 0.15) is 14.9 Å². The second kappa shape index (κ2) is 9.54. The fourth-order valence-corrected chi connectivity index (χ4v) is 5.51. The number of nitrogens with zero attached hydrogens (tertiary/aromatic N) is 2. The van der Waals surface area contributed by atoms with Crippen LogP contribution in [0.3, 0.4) is 0 Å². The maximum atomic E-state index is 6.31. The molecule has 0 fully saturated rings. The summed E-state index contributed by atoms with van der Waals surface area (Å²) in [5.74, 6) is 0.690. The summed E-state index contributed by atoms with van der Waals surface area (Å²) in [7, 11) is 0. The first-order chi connectivity index (χ1) is 18.7. The van der Waals surface area contributed by atoms with Gasteiger partial charge in [-0.1, -0.05) is 91.0 Å². The van der Waals surface area contributed by atoms with E-state index in [1.54, 1.807) is 0 Å². The molecule has 0 spiro atoms. The zero-order valence-electron chi connectivity index (χ0n) is 20.3. The lowest BCUT2D eigenvalue weighted by molar-refractivity contribution is 0.670. The Morgan fingerprint density at radius 2 is 1.11 bits per heavy atom. The molecule has 180 valence electrons. The molecule has 0 unspecified atom stereocenters. The van der Waals surface area contributed by atoms with E-state index in [4.69, 9.17) is 14.4 Å². The average molecular weight is 600 g/mol. The standard InChI is InChI=1S/C34H21IN2O/c35-32-21-30(29-16-9-15-28-27-14-7-8-17-31(27)38-33(28)29)36-34(37-32)26-19-24(22-10-3-1-4-11-22)18-25(20-26)23-12-5-2-6-13-23/h1-21H. The highest BCUT2D eigenvalue weighted by Gasteiger charge is 2.16. The molecule has 0 amide bonds. The van der Waals surface area contributed by atoms with Crippen molar-refractivity contribution in [3.05, 3.63) is 131 Å². The van der Waals surface area contributed by atoms with Crippen LogP contribution in [0.25, 0.3) is 66.8 Å². The summed E-state index contributed by atoms with van der Waals surface area (Å²) < 4.78 is 7.19. The second-order valence-electron chi connectivity index (χ2n) is 9.21. The van der Waals surface area contributed by atoms with Gasteiger partial charge in [-0.2, -0.15) is 0 Å². The van der Waals surface area contributed by atoms with Crippen molar-refractivity contribution < 1.29 is 4.42 Å². The lowest BCUT2D eigenvalue weighted by Gasteiger charge is -2.12. The number of hydrogen-bond acceptors (Lipinski definition) is 3. The predicted octanol–water partition coefficient (Wildman–Crippen LogP) is 9.65. The first-order valence-corrected chi connectivity index (χ1v) is 13.5. The first kappa shape index (κ1) is 22.9. The van der Waals surface area contributed by atoms with Gasteiger partial charge in [0.25, 0.3) is 0 Å². The summed E-state index contributed by atoms with van der Waals surface area (Å²) in [5.41, 5.74) is 9.07. The molecule has 5 aromatic carbocycles. The van der Waals surface area contributed by atoms with E-state index >= 15 is 0 Å². The van der Waals surface area contributed by atoms with Crippen LogP contribution in [-0.2, 0) is 0 Å². The summed E-state index contributed by atoms with van der Waals surface area (Å²) in [6.45, 7) is 0. The average Bonchev–Trinajstić information content (AvgIpc) is 3.36. The zero-order valence-corrected chi connectivity index (χ0v) is 22.5. The van der Waals surface area contributed by atoms with Crippen LogP contribution >= 0.6 is 22.6 Å².